The van der Waals surface area contributed by atoms with Crippen LogP contribution in [0.5, 0.6) is 0 Å². The molecule has 0 aromatic carbocycles. The normalized spacial score (nSPS) is 11.7. The second-order valence-corrected chi connectivity index (χ2v) is 3.54. The Morgan fingerprint density at radius 3 is 2.33 bits per heavy atom. The van der Waals surface area contributed by atoms with Crippen molar-refractivity contribution in [2.75, 3.05) is 0 Å². The molecule has 0 spiro atoms. The summed E-state index contributed by atoms with van der Waals surface area (Å²) >= 11 is 0. The van der Waals surface area contributed by atoms with E-state index in [4.69, 9.17) is 4.52 Å². The highest BCUT2D eigenvalue weighted by atomic mass is 16.5. The molecule has 1 aromatic rings. The number of aromatic nitrogens is 1. The van der Waals surface area contributed by atoms with Gasteiger partial charge in [-0.25, -0.2) is 0 Å². The van der Waals surface area contributed by atoms with E-state index in [0.717, 1.165) is 23.3 Å². The molecule has 0 saturated carbocycles. The lowest BCUT2D eigenvalue weighted by Crippen LogP contribution is -2.20. The van der Waals surface area contributed by atoms with E-state index in [1.165, 1.54) is 0 Å². The average molecular weight is 167 g/mol. The number of aryl methyl sites for hydroxylation is 2. The number of carbonyl (C=O) groups excluding carboxylic acids is 1. The van der Waals surface area contributed by atoms with Crippen LogP contribution in [-0.2, 0) is 10.2 Å². The van der Waals surface area contributed by atoms with Crippen molar-refractivity contribution in [3.8, 4) is 0 Å². The van der Waals surface area contributed by atoms with Crippen LogP contribution in [0.4, 0.5) is 0 Å². The Kier molecular flexibility index (Phi) is 2.04. The minimum Gasteiger partial charge on any atom is -0.361 e. The number of carbonyl (C=O) groups is 1. The highest BCUT2D eigenvalue weighted by Crippen LogP contribution is 2.26. The molecule has 3 nitrogen and oxygen atoms in total. The molecule has 1 rings (SSSR count). The van der Waals surface area contributed by atoms with Crippen LogP contribution in [0.1, 0.15) is 30.9 Å². The van der Waals surface area contributed by atoms with Crippen LogP contribution in [0.25, 0.3) is 0 Å². The molecule has 0 aliphatic rings. The SMILES string of the molecule is Cc1noc(C)c1C(C)(C)C=O. The van der Waals surface area contributed by atoms with Crippen LogP contribution in [0.2, 0.25) is 0 Å². The highest BCUT2D eigenvalue weighted by Gasteiger charge is 2.27. The summed E-state index contributed by atoms with van der Waals surface area (Å²) in [6, 6.07) is 0. The summed E-state index contributed by atoms with van der Waals surface area (Å²) in [5.74, 6) is 0.726. The van der Waals surface area contributed by atoms with E-state index in [0.29, 0.717) is 0 Å². The fourth-order valence-electron chi connectivity index (χ4n) is 1.46. The summed E-state index contributed by atoms with van der Waals surface area (Å²) in [7, 11) is 0. The van der Waals surface area contributed by atoms with E-state index in [-0.39, 0.29) is 0 Å². The van der Waals surface area contributed by atoms with Crippen molar-refractivity contribution in [2.24, 2.45) is 0 Å². The predicted molar refractivity (Wildman–Crippen MR) is 45.1 cm³/mol. The first-order valence-electron chi connectivity index (χ1n) is 3.88. The molecule has 0 N–H and O–H groups in total. The molecule has 0 amide bonds. The second kappa shape index (κ2) is 2.73. The van der Waals surface area contributed by atoms with Crippen LogP contribution in [0.15, 0.2) is 4.52 Å². The van der Waals surface area contributed by atoms with Gasteiger partial charge in [-0.05, 0) is 27.7 Å². The Bertz CT molecular complexity index is 280. The molecule has 12 heavy (non-hydrogen) atoms. The maximum atomic E-state index is 10.8. The summed E-state index contributed by atoms with van der Waals surface area (Å²) in [6.07, 6.45) is 0.916. The quantitative estimate of drug-likeness (QED) is 0.630. The van der Waals surface area contributed by atoms with E-state index < -0.39 is 5.41 Å². The maximum Gasteiger partial charge on any atom is 0.138 e. The molecule has 1 heterocycles. The van der Waals surface area contributed by atoms with E-state index >= 15 is 0 Å². The smallest absolute Gasteiger partial charge is 0.138 e. The summed E-state index contributed by atoms with van der Waals surface area (Å²) in [5.41, 5.74) is 1.20. The van der Waals surface area contributed by atoms with Gasteiger partial charge in [0.25, 0.3) is 0 Å². The Morgan fingerprint density at radius 2 is 2.00 bits per heavy atom. The van der Waals surface area contributed by atoms with Gasteiger partial charge in [-0.1, -0.05) is 5.16 Å². The van der Waals surface area contributed by atoms with Gasteiger partial charge >= 0.3 is 0 Å². The number of aldehydes is 1. The van der Waals surface area contributed by atoms with E-state index in [2.05, 4.69) is 5.16 Å². The minimum atomic E-state index is -0.492. The molecule has 0 saturated heterocycles. The molecule has 0 unspecified atom stereocenters. The van der Waals surface area contributed by atoms with Crippen LogP contribution in [-0.4, -0.2) is 11.4 Å². The third-order valence-electron chi connectivity index (χ3n) is 1.97. The number of hydrogen-bond donors (Lipinski definition) is 0. The first kappa shape index (κ1) is 8.97. The first-order chi connectivity index (χ1) is 5.49. The van der Waals surface area contributed by atoms with Gasteiger partial charge in [0.15, 0.2) is 0 Å². The standard InChI is InChI=1S/C9H13NO2/c1-6-8(7(2)12-10-6)9(3,4)5-11/h5H,1-4H3. The lowest BCUT2D eigenvalue weighted by atomic mass is 9.85. The molecule has 0 fully saturated rings. The van der Waals surface area contributed by atoms with Crippen molar-refractivity contribution in [3.05, 3.63) is 17.0 Å². The Morgan fingerprint density at radius 1 is 1.42 bits per heavy atom. The second-order valence-electron chi connectivity index (χ2n) is 3.54. The number of rotatable bonds is 2. The number of nitrogens with zero attached hydrogens (tertiary/aromatic N) is 1. The van der Waals surface area contributed by atoms with E-state index in [9.17, 15) is 4.79 Å². The predicted octanol–water partition coefficient (Wildman–Crippen LogP) is 1.77. The summed E-state index contributed by atoms with van der Waals surface area (Å²) in [4.78, 5) is 10.8. The van der Waals surface area contributed by atoms with Gasteiger partial charge in [0, 0.05) is 5.56 Å². The van der Waals surface area contributed by atoms with Gasteiger partial charge in [0.05, 0.1) is 11.1 Å². The van der Waals surface area contributed by atoms with Crippen molar-refractivity contribution in [3.63, 3.8) is 0 Å². The molecule has 66 valence electrons. The Labute approximate surface area is 71.7 Å². The van der Waals surface area contributed by atoms with E-state index in [1.54, 1.807) is 0 Å². The van der Waals surface area contributed by atoms with Crippen molar-refractivity contribution in [2.45, 2.75) is 33.1 Å². The lowest BCUT2D eigenvalue weighted by Gasteiger charge is -2.15. The zero-order chi connectivity index (χ0) is 9.35. The average Bonchev–Trinajstić information content (AvgIpc) is 2.31. The summed E-state index contributed by atoms with van der Waals surface area (Å²) in [6.45, 7) is 7.37. The molecule has 1 aromatic heterocycles. The topological polar surface area (TPSA) is 43.1 Å². The van der Waals surface area contributed by atoms with Crippen LogP contribution in [0.3, 0.4) is 0 Å². The highest BCUT2D eigenvalue weighted by molar-refractivity contribution is 5.68. The molecule has 0 radical (unpaired) electrons. The van der Waals surface area contributed by atoms with Gasteiger partial charge in [0.2, 0.25) is 0 Å². The monoisotopic (exact) mass is 167 g/mol. The van der Waals surface area contributed by atoms with Crippen molar-refractivity contribution in [1.29, 1.82) is 0 Å². The minimum absolute atomic E-state index is 0.492. The molecule has 0 aliphatic heterocycles. The van der Waals surface area contributed by atoms with Crippen molar-refractivity contribution in [1.82, 2.24) is 5.16 Å². The molecule has 0 aliphatic carbocycles. The lowest BCUT2D eigenvalue weighted by molar-refractivity contribution is -0.111. The van der Waals surface area contributed by atoms with Gasteiger partial charge in [0.1, 0.15) is 12.0 Å². The summed E-state index contributed by atoms with van der Waals surface area (Å²) in [5, 5.41) is 3.80. The Balaban J connectivity index is 3.25. The fraction of sp³-hybridized carbons (Fsp3) is 0.556. The largest absolute Gasteiger partial charge is 0.361 e. The molecule has 3 heteroatoms. The molecule has 0 atom stereocenters. The zero-order valence-electron chi connectivity index (χ0n) is 7.84. The first-order valence-corrected chi connectivity index (χ1v) is 3.88. The van der Waals surface area contributed by atoms with Gasteiger partial charge in [-0.3, -0.25) is 0 Å². The Hall–Kier alpha value is -1.12. The van der Waals surface area contributed by atoms with Gasteiger partial charge in [-0.2, -0.15) is 0 Å². The molecular weight excluding hydrogens is 154 g/mol. The molecule has 0 bridgehead atoms. The van der Waals surface area contributed by atoms with Crippen LogP contribution in [0, 0.1) is 13.8 Å². The van der Waals surface area contributed by atoms with Crippen molar-refractivity contribution < 1.29 is 9.32 Å². The third kappa shape index (κ3) is 1.26. The number of hydrogen-bond acceptors (Lipinski definition) is 3. The molecular formula is C9H13NO2. The third-order valence-corrected chi connectivity index (χ3v) is 1.97. The van der Waals surface area contributed by atoms with Crippen molar-refractivity contribution >= 4 is 6.29 Å². The maximum absolute atomic E-state index is 10.8. The zero-order valence-corrected chi connectivity index (χ0v) is 7.84. The van der Waals surface area contributed by atoms with Gasteiger partial charge in [-0.15, -0.1) is 0 Å². The van der Waals surface area contributed by atoms with Crippen LogP contribution < -0.4 is 0 Å². The van der Waals surface area contributed by atoms with Gasteiger partial charge < -0.3 is 9.32 Å². The van der Waals surface area contributed by atoms with Crippen LogP contribution >= 0.6 is 0 Å². The summed E-state index contributed by atoms with van der Waals surface area (Å²) < 4.78 is 4.97. The van der Waals surface area contributed by atoms with E-state index in [1.807, 2.05) is 27.7 Å². The fourth-order valence-corrected chi connectivity index (χ4v) is 1.46.